The average Bonchev–Trinajstić information content (AvgIpc) is 2.69. The van der Waals surface area contributed by atoms with Crippen LogP contribution in [0.3, 0.4) is 0 Å². The molecule has 19 heavy (non-hydrogen) atoms. The molecule has 0 radical (unpaired) electrons. The number of carbonyl (C=O) groups is 1. The Kier molecular flexibility index (Phi) is 3.96. The zero-order chi connectivity index (χ0) is 14.0. The van der Waals surface area contributed by atoms with E-state index in [2.05, 4.69) is 10.3 Å². The molecule has 1 aliphatic rings. The van der Waals surface area contributed by atoms with Gasteiger partial charge in [0.15, 0.2) is 0 Å². The predicted octanol–water partition coefficient (Wildman–Crippen LogP) is 0.260. The lowest BCUT2D eigenvalue weighted by molar-refractivity contribution is -0.114. The predicted molar refractivity (Wildman–Crippen MR) is 67.6 cm³/mol. The molecule has 0 saturated carbocycles. The van der Waals surface area contributed by atoms with Crippen LogP contribution in [-0.4, -0.2) is 32.8 Å². The van der Waals surface area contributed by atoms with Crippen LogP contribution in [0, 0.1) is 0 Å². The van der Waals surface area contributed by atoms with E-state index in [-0.39, 0.29) is 17.8 Å². The molecule has 7 nitrogen and oxygen atoms in total. The van der Waals surface area contributed by atoms with Crippen molar-refractivity contribution >= 4 is 11.7 Å². The van der Waals surface area contributed by atoms with E-state index in [0.717, 1.165) is 0 Å². The Balaban J connectivity index is 2.18. The van der Waals surface area contributed by atoms with Crippen molar-refractivity contribution in [3.8, 4) is 0 Å². The van der Waals surface area contributed by atoms with Crippen LogP contribution in [0.4, 0.5) is 5.82 Å². The molecule has 1 aromatic rings. The van der Waals surface area contributed by atoms with E-state index < -0.39 is 18.0 Å². The van der Waals surface area contributed by atoms with Gasteiger partial charge in [-0.25, -0.2) is 4.79 Å². The number of rotatable bonds is 3. The fraction of sp³-hybridized carbons (Fsp3) is 0.583. The van der Waals surface area contributed by atoms with Gasteiger partial charge >= 0.3 is 5.69 Å². The van der Waals surface area contributed by atoms with Crippen molar-refractivity contribution in [3.63, 3.8) is 0 Å². The summed E-state index contributed by atoms with van der Waals surface area (Å²) < 4.78 is 6.92. The van der Waals surface area contributed by atoms with E-state index in [9.17, 15) is 14.7 Å². The summed E-state index contributed by atoms with van der Waals surface area (Å²) >= 11 is 0. The first-order chi connectivity index (χ1) is 9.01. The second-order valence-electron chi connectivity index (χ2n) is 4.52. The first-order valence-corrected chi connectivity index (χ1v) is 6.21. The molecule has 3 atom stereocenters. The maximum absolute atomic E-state index is 11.8. The highest BCUT2D eigenvalue weighted by Gasteiger charge is 2.34. The summed E-state index contributed by atoms with van der Waals surface area (Å²) in [4.78, 5) is 26.5. The molecule has 2 heterocycles. The highest BCUT2D eigenvalue weighted by atomic mass is 16.5. The first kappa shape index (κ1) is 13.7. The van der Waals surface area contributed by atoms with Crippen LogP contribution >= 0.6 is 0 Å². The normalized spacial score (nSPS) is 26.4. The molecule has 0 spiro atoms. The smallest absolute Gasteiger partial charge is 0.351 e. The Hall–Kier alpha value is -1.73. The van der Waals surface area contributed by atoms with Crippen molar-refractivity contribution in [2.45, 2.75) is 45.1 Å². The van der Waals surface area contributed by atoms with Gasteiger partial charge in [0, 0.05) is 19.5 Å². The Morgan fingerprint density at radius 1 is 1.68 bits per heavy atom. The summed E-state index contributed by atoms with van der Waals surface area (Å²) in [5.74, 6) is -0.0810. The monoisotopic (exact) mass is 267 g/mol. The standard InChI is InChI=1S/C12H17N3O4/c1-3-9-8(17)6-11(19-9)15-5-4-10(13-7(2)16)14-12(15)18/h4-5,8-9,11,17H,3,6H2,1-2H3,(H,13,14,16,18)/t8?,9-,11-/m1/s1. The molecule has 1 aliphatic heterocycles. The van der Waals surface area contributed by atoms with Gasteiger partial charge in [0.2, 0.25) is 5.91 Å². The third-order valence-corrected chi connectivity index (χ3v) is 3.05. The Bertz CT molecular complexity index is 528. The van der Waals surface area contributed by atoms with Gasteiger partial charge in [-0.2, -0.15) is 4.98 Å². The molecule has 2 rings (SSSR count). The number of amides is 1. The number of aliphatic hydroxyl groups is 1. The summed E-state index contributed by atoms with van der Waals surface area (Å²) in [6.45, 7) is 3.26. The number of nitrogens with zero attached hydrogens (tertiary/aromatic N) is 2. The highest BCUT2D eigenvalue weighted by Crippen LogP contribution is 2.29. The second-order valence-corrected chi connectivity index (χ2v) is 4.52. The van der Waals surface area contributed by atoms with Gasteiger partial charge in [-0.15, -0.1) is 0 Å². The molecule has 1 unspecified atom stereocenters. The van der Waals surface area contributed by atoms with Crippen LogP contribution in [0.25, 0.3) is 0 Å². The Morgan fingerprint density at radius 3 is 2.95 bits per heavy atom. The van der Waals surface area contributed by atoms with Crippen molar-refractivity contribution in [2.75, 3.05) is 5.32 Å². The minimum Gasteiger partial charge on any atom is -0.390 e. The maximum atomic E-state index is 11.8. The van der Waals surface area contributed by atoms with Crippen LogP contribution in [0.2, 0.25) is 0 Å². The first-order valence-electron chi connectivity index (χ1n) is 6.21. The lowest BCUT2D eigenvalue weighted by atomic mass is 10.1. The van der Waals surface area contributed by atoms with E-state index in [4.69, 9.17) is 4.74 Å². The highest BCUT2D eigenvalue weighted by molar-refractivity contribution is 5.87. The van der Waals surface area contributed by atoms with Gasteiger partial charge in [0.1, 0.15) is 12.0 Å². The fourth-order valence-electron chi connectivity index (χ4n) is 2.14. The minimum absolute atomic E-state index is 0.208. The third kappa shape index (κ3) is 2.99. The molecule has 0 aromatic carbocycles. The van der Waals surface area contributed by atoms with E-state index in [1.54, 1.807) is 0 Å². The van der Waals surface area contributed by atoms with E-state index in [1.807, 2.05) is 6.92 Å². The van der Waals surface area contributed by atoms with Gasteiger partial charge in [0.05, 0.1) is 12.2 Å². The quantitative estimate of drug-likeness (QED) is 0.819. The van der Waals surface area contributed by atoms with Crippen molar-refractivity contribution in [1.82, 2.24) is 9.55 Å². The lowest BCUT2D eigenvalue weighted by Gasteiger charge is -2.14. The summed E-state index contributed by atoms with van der Waals surface area (Å²) in [6, 6.07) is 1.53. The summed E-state index contributed by atoms with van der Waals surface area (Å²) in [7, 11) is 0. The lowest BCUT2D eigenvalue weighted by Crippen LogP contribution is -2.28. The molecule has 104 valence electrons. The number of aliphatic hydroxyl groups excluding tert-OH is 1. The second kappa shape index (κ2) is 5.50. The van der Waals surface area contributed by atoms with Gasteiger partial charge in [-0.3, -0.25) is 9.36 Å². The molecule has 1 fully saturated rings. The topological polar surface area (TPSA) is 93.5 Å². The van der Waals surface area contributed by atoms with E-state index >= 15 is 0 Å². The van der Waals surface area contributed by atoms with Crippen molar-refractivity contribution in [2.24, 2.45) is 0 Å². The summed E-state index contributed by atoms with van der Waals surface area (Å²) in [5.41, 5.74) is -0.514. The van der Waals surface area contributed by atoms with E-state index in [0.29, 0.717) is 12.8 Å². The number of hydrogen-bond acceptors (Lipinski definition) is 5. The van der Waals surface area contributed by atoms with Crippen molar-refractivity contribution < 1.29 is 14.6 Å². The zero-order valence-corrected chi connectivity index (χ0v) is 10.9. The summed E-state index contributed by atoms with van der Waals surface area (Å²) in [6.07, 6.45) is 1.22. The molecule has 1 amide bonds. The average molecular weight is 267 g/mol. The number of carbonyl (C=O) groups excluding carboxylic acids is 1. The van der Waals surface area contributed by atoms with Gasteiger partial charge < -0.3 is 15.2 Å². The molecular weight excluding hydrogens is 250 g/mol. The van der Waals surface area contributed by atoms with E-state index in [1.165, 1.54) is 23.8 Å². The van der Waals surface area contributed by atoms with Crippen LogP contribution in [0.15, 0.2) is 17.1 Å². The number of anilines is 1. The molecule has 1 aromatic heterocycles. The minimum atomic E-state index is -0.572. The van der Waals surface area contributed by atoms with Crippen molar-refractivity contribution in [3.05, 3.63) is 22.7 Å². The molecule has 0 bridgehead atoms. The molecule has 1 saturated heterocycles. The molecule has 7 heteroatoms. The van der Waals surface area contributed by atoms with Crippen LogP contribution < -0.4 is 11.0 Å². The zero-order valence-electron chi connectivity index (χ0n) is 10.9. The van der Waals surface area contributed by atoms with Crippen LogP contribution in [0.1, 0.15) is 32.9 Å². The Morgan fingerprint density at radius 2 is 2.42 bits per heavy atom. The van der Waals surface area contributed by atoms with Crippen LogP contribution in [-0.2, 0) is 9.53 Å². The third-order valence-electron chi connectivity index (χ3n) is 3.05. The largest absolute Gasteiger partial charge is 0.390 e. The van der Waals surface area contributed by atoms with Gasteiger partial charge in [0.25, 0.3) is 0 Å². The SMILES string of the molecule is CC[C@H]1O[C@@H](n2ccc(NC(C)=O)nc2=O)CC1O. The molecular formula is C12H17N3O4. The van der Waals surface area contributed by atoms with Crippen LogP contribution in [0.5, 0.6) is 0 Å². The number of nitrogens with one attached hydrogen (secondary N) is 1. The fourth-order valence-corrected chi connectivity index (χ4v) is 2.14. The van der Waals surface area contributed by atoms with Gasteiger partial charge in [-0.1, -0.05) is 6.92 Å². The maximum Gasteiger partial charge on any atom is 0.351 e. The molecule has 0 aliphatic carbocycles. The number of hydrogen-bond donors (Lipinski definition) is 2. The molecule has 2 N–H and O–H groups in total. The van der Waals surface area contributed by atoms with Gasteiger partial charge in [-0.05, 0) is 12.5 Å². The number of ether oxygens (including phenoxy) is 1. The summed E-state index contributed by atoms with van der Waals surface area (Å²) in [5, 5.41) is 12.2. The van der Waals surface area contributed by atoms with Crippen molar-refractivity contribution in [1.29, 1.82) is 0 Å². The Labute approximate surface area is 110 Å². The number of aromatic nitrogens is 2.